The third-order valence-electron chi connectivity index (χ3n) is 3.69. The van der Waals surface area contributed by atoms with Gasteiger partial charge in [-0.05, 0) is 23.1 Å². The maximum atomic E-state index is 4.01. The Kier molecular flexibility index (Phi) is 6.56. The van der Waals surface area contributed by atoms with Crippen LogP contribution in [-0.4, -0.2) is 36.1 Å². The predicted molar refractivity (Wildman–Crippen MR) is 90.2 cm³/mol. The molecule has 1 fully saturated rings. The largest absolute Gasteiger partial charge is 0.361 e. The minimum atomic E-state index is 0. The summed E-state index contributed by atoms with van der Waals surface area (Å²) in [6.07, 6.45) is 4.04. The fourth-order valence-corrected chi connectivity index (χ4v) is 2.71. The monoisotopic (exact) mass is 313 g/mol. The number of benzene rings is 1. The summed E-state index contributed by atoms with van der Waals surface area (Å²) in [6.45, 7) is 8.30. The summed E-state index contributed by atoms with van der Waals surface area (Å²) in [5, 5.41) is 4.65. The fraction of sp³-hybridized carbons (Fsp3) is 0.333. The molecule has 5 heteroatoms. The van der Waals surface area contributed by atoms with Gasteiger partial charge in [-0.2, -0.15) is 0 Å². The van der Waals surface area contributed by atoms with Crippen molar-refractivity contribution in [3.8, 4) is 0 Å². The van der Waals surface area contributed by atoms with Gasteiger partial charge in [0.25, 0.3) is 0 Å². The van der Waals surface area contributed by atoms with E-state index in [0.717, 1.165) is 26.2 Å². The summed E-state index contributed by atoms with van der Waals surface area (Å²) in [6, 6.07) is 9.06. The topological polar surface area (TPSA) is 31.1 Å². The van der Waals surface area contributed by atoms with Gasteiger partial charge >= 0.3 is 0 Å². The van der Waals surface area contributed by atoms with E-state index in [1.165, 1.54) is 16.5 Å². The van der Waals surface area contributed by atoms with E-state index in [2.05, 4.69) is 52.1 Å². The van der Waals surface area contributed by atoms with Gasteiger partial charge in [0.05, 0.1) is 6.04 Å². The van der Waals surface area contributed by atoms with Crippen molar-refractivity contribution in [1.82, 2.24) is 15.2 Å². The van der Waals surface area contributed by atoms with Crippen LogP contribution in [0.25, 0.3) is 10.9 Å². The van der Waals surface area contributed by atoms with Gasteiger partial charge in [-0.15, -0.1) is 31.4 Å². The van der Waals surface area contributed by atoms with Gasteiger partial charge in [0, 0.05) is 37.9 Å². The van der Waals surface area contributed by atoms with Crippen molar-refractivity contribution in [2.45, 2.75) is 6.04 Å². The molecule has 2 aromatic rings. The van der Waals surface area contributed by atoms with E-state index in [0.29, 0.717) is 6.04 Å². The summed E-state index contributed by atoms with van der Waals surface area (Å²) in [7, 11) is 0. The summed E-state index contributed by atoms with van der Waals surface area (Å²) in [5.41, 5.74) is 2.52. The number of rotatable bonds is 3. The number of aromatic amines is 1. The number of H-pyrrole nitrogens is 1. The summed E-state index contributed by atoms with van der Waals surface area (Å²) < 4.78 is 0. The maximum Gasteiger partial charge on any atom is 0.0530 e. The maximum absolute atomic E-state index is 4.01. The highest BCUT2D eigenvalue weighted by molar-refractivity contribution is 5.85. The molecule has 1 atom stereocenters. The molecule has 3 nitrogen and oxygen atoms in total. The number of halogens is 2. The van der Waals surface area contributed by atoms with Gasteiger partial charge in [0.15, 0.2) is 0 Å². The smallest absolute Gasteiger partial charge is 0.0530 e. The van der Waals surface area contributed by atoms with Gasteiger partial charge in [-0.25, -0.2) is 0 Å². The number of nitrogens with one attached hydrogen (secondary N) is 2. The standard InChI is InChI=1S/C15H19N3.2ClH/c1-2-15(18-9-7-16-8-10-18)13-4-3-12-5-6-17-14(12)11-13;;/h2-6,11,15-17H,1,7-10H2;2*1H/t15-;;/m1../s1. The number of piperazine rings is 1. The Labute approximate surface area is 132 Å². The molecular formula is C15H21Cl2N3. The summed E-state index contributed by atoms with van der Waals surface area (Å²) in [4.78, 5) is 5.76. The lowest BCUT2D eigenvalue weighted by atomic mass is 10.0. The molecule has 1 aliphatic heterocycles. The van der Waals surface area contributed by atoms with Crippen molar-refractivity contribution in [2.24, 2.45) is 0 Å². The third kappa shape index (κ3) is 3.36. The van der Waals surface area contributed by atoms with Gasteiger partial charge in [-0.3, -0.25) is 4.90 Å². The Balaban J connectivity index is 0.000001000. The highest BCUT2D eigenvalue weighted by Gasteiger charge is 2.19. The van der Waals surface area contributed by atoms with Crippen molar-refractivity contribution in [1.29, 1.82) is 0 Å². The molecule has 0 unspecified atom stereocenters. The van der Waals surface area contributed by atoms with Crippen LogP contribution in [0.4, 0.5) is 0 Å². The van der Waals surface area contributed by atoms with Crippen LogP contribution in [0.15, 0.2) is 43.1 Å². The Morgan fingerprint density at radius 2 is 1.90 bits per heavy atom. The van der Waals surface area contributed by atoms with Crippen molar-refractivity contribution in [3.05, 3.63) is 48.7 Å². The summed E-state index contributed by atoms with van der Waals surface area (Å²) >= 11 is 0. The lowest BCUT2D eigenvalue weighted by molar-refractivity contribution is 0.203. The van der Waals surface area contributed by atoms with E-state index < -0.39 is 0 Å². The van der Waals surface area contributed by atoms with E-state index in [1.54, 1.807) is 0 Å². The Morgan fingerprint density at radius 3 is 2.60 bits per heavy atom. The van der Waals surface area contributed by atoms with Crippen LogP contribution in [0.5, 0.6) is 0 Å². The first-order valence-corrected chi connectivity index (χ1v) is 6.53. The number of nitrogens with zero attached hydrogens (tertiary/aromatic N) is 1. The first-order valence-electron chi connectivity index (χ1n) is 6.53. The predicted octanol–water partition coefficient (Wildman–Crippen LogP) is 3.14. The molecule has 0 aliphatic carbocycles. The molecule has 3 rings (SSSR count). The van der Waals surface area contributed by atoms with Crippen molar-refractivity contribution in [2.75, 3.05) is 26.2 Å². The average molecular weight is 314 g/mol. The van der Waals surface area contributed by atoms with Crippen molar-refractivity contribution >= 4 is 35.7 Å². The van der Waals surface area contributed by atoms with Crippen LogP contribution in [0.3, 0.4) is 0 Å². The second-order valence-electron chi connectivity index (χ2n) is 4.79. The van der Waals surface area contributed by atoms with Crippen LogP contribution in [0, 0.1) is 0 Å². The van der Waals surface area contributed by atoms with Gasteiger partial charge in [0.2, 0.25) is 0 Å². The molecule has 0 saturated carbocycles. The number of aromatic nitrogens is 1. The Bertz CT molecular complexity index is 547. The number of hydrogen-bond donors (Lipinski definition) is 2. The first-order chi connectivity index (χ1) is 8.88. The molecule has 20 heavy (non-hydrogen) atoms. The lowest BCUT2D eigenvalue weighted by Gasteiger charge is -2.33. The van der Waals surface area contributed by atoms with E-state index in [9.17, 15) is 0 Å². The van der Waals surface area contributed by atoms with Crippen LogP contribution >= 0.6 is 24.8 Å². The molecular weight excluding hydrogens is 293 g/mol. The zero-order valence-electron chi connectivity index (χ0n) is 11.3. The van der Waals surface area contributed by atoms with E-state index >= 15 is 0 Å². The van der Waals surface area contributed by atoms with Crippen LogP contribution < -0.4 is 5.32 Å². The van der Waals surface area contributed by atoms with Crippen LogP contribution in [0.1, 0.15) is 11.6 Å². The molecule has 0 amide bonds. The quantitative estimate of drug-likeness (QED) is 0.853. The molecule has 0 spiro atoms. The molecule has 1 aliphatic rings. The lowest BCUT2D eigenvalue weighted by Crippen LogP contribution is -2.44. The second-order valence-corrected chi connectivity index (χ2v) is 4.79. The van der Waals surface area contributed by atoms with Crippen molar-refractivity contribution < 1.29 is 0 Å². The molecule has 2 N–H and O–H groups in total. The molecule has 1 saturated heterocycles. The van der Waals surface area contributed by atoms with E-state index in [4.69, 9.17) is 0 Å². The Hall–Kier alpha value is -1.00. The molecule has 0 radical (unpaired) electrons. The Morgan fingerprint density at radius 1 is 1.15 bits per heavy atom. The van der Waals surface area contributed by atoms with E-state index in [1.807, 2.05) is 6.20 Å². The minimum absolute atomic E-state index is 0. The van der Waals surface area contributed by atoms with Gasteiger partial charge in [0.1, 0.15) is 0 Å². The first kappa shape index (κ1) is 17.1. The third-order valence-corrected chi connectivity index (χ3v) is 3.69. The van der Waals surface area contributed by atoms with Crippen LogP contribution in [-0.2, 0) is 0 Å². The van der Waals surface area contributed by atoms with E-state index in [-0.39, 0.29) is 24.8 Å². The SMILES string of the molecule is C=C[C@H](c1ccc2cc[nH]c2c1)N1CCNCC1.Cl.Cl. The van der Waals surface area contributed by atoms with Crippen molar-refractivity contribution in [3.63, 3.8) is 0 Å². The van der Waals surface area contributed by atoms with Gasteiger partial charge in [-0.1, -0.05) is 18.2 Å². The van der Waals surface area contributed by atoms with Gasteiger partial charge < -0.3 is 10.3 Å². The average Bonchev–Trinajstić information content (AvgIpc) is 2.88. The second kappa shape index (κ2) is 7.70. The highest BCUT2D eigenvalue weighted by Crippen LogP contribution is 2.25. The highest BCUT2D eigenvalue weighted by atomic mass is 35.5. The molecule has 110 valence electrons. The number of hydrogen-bond acceptors (Lipinski definition) is 2. The minimum Gasteiger partial charge on any atom is -0.361 e. The number of fused-ring (bicyclic) bond motifs is 1. The fourth-order valence-electron chi connectivity index (χ4n) is 2.71. The normalized spacial score (nSPS) is 17.0. The zero-order chi connectivity index (χ0) is 12.4. The molecule has 1 aromatic carbocycles. The molecule has 0 bridgehead atoms. The zero-order valence-corrected chi connectivity index (χ0v) is 13.0. The summed E-state index contributed by atoms with van der Waals surface area (Å²) in [5.74, 6) is 0. The molecule has 2 heterocycles. The molecule has 1 aromatic heterocycles. The van der Waals surface area contributed by atoms with Crippen LogP contribution in [0.2, 0.25) is 0 Å².